The van der Waals surface area contributed by atoms with Crippen LogP contribution in [0, 0.1) is 12.7 Å². The summed E-state index contributed by atoms with van der Waals surface area (Å²) in [6.07, 6.45) is 2.90. The Labute approximate surface area is 220 Å². The van der Waals surface area contributed by atoms with E-state index in [9.17, 15) is 18.8 Å². The molecule has 6 rings (SSSR count). The van der Waals surface area contributed by atoms with Crippen LogP contribution in [0.3, 0.4) is 0 Å². The van der Waals surface area contributed by atoms with Gasteiger partial charge in [-0.15, -0.1) is 0 Å². The molecule has 2 amide bonds. The molecule has 39 heavy (non-hydrogen) atoms. The Hall–Kier alpha value is -5.13. The van der Waals surface area contributed by atoms with Gasteiger partial charge < -0.3 is 10.6 Å². The van der Waals surface area contributed by atoms with Crippen molar-refractivity contribution in [3.63, 3.8) is 0 Å². The number of hydrogen-bond donors (Lipinski definition) is 3. The highest BCUT2D eigenvalue weighted by atomic mass is 19.1. The maximum absolute atomic E-state index is 13.6. The van der Waals surface area contributed by atoms with E-state index in [4.69, 9.17) is 0 Å². The molecule has 12 heteroatoms. The van der Waals surface area contributed by atoms with Gasteiger partial charge in [-0.05, 0) is 54.2 Å². The first kappa shape index (κ1) is 24.2. The number of aryl methyl sites for hydroxylation is 2. The van der Waals surface area contributed by atoms with E-state index in [1.807, 2.05) is 12.1 Å². The minimum absolute atomic E-state index is 0.0602. The fraction of sp³-hybridized carbons (Fsp3) is 0.185. The molecule has 3 N–H and O–H groups in total. The quantitative estimate of drug-likeness (QED) is 0.308. The van der Waals surface area contributed by atoms with E-state index >= 15 is 0 Å². The summed E-state index contributed by atoms with van der Waals surface area (Å²) in [6, 6.07) is 13.0. The molecule has 0 saturated heterocycles. The fourth-order valence-corrected chi connectivity index (χ4v) is 4.78. The van der Waals surface area contributed by atoms with Crippen LogP contribution in [0.15, 0.2) is 64.0 Å². The highest BCUT2D eigenvalue weighted by Crippen LogP contribution is 2.33. The van der Waals surface area contributed by atoms with Gasteiger partial charge in [0.05, 0.1) is 12.2 Å². The molecule has 0 fully saturated rings. The monoisotopic (exact) mass is 527 g/mol. The number of halogens is 1. The number of nitrogens with one attached hydrogen (secondary N) is 3. The van der Waals surface area contributed by atoms with E-state index in [0.29, 0.717) is 29.0 Å². The Morgan fingerprint density at radius 1 is 1.15 bits per heavy atom. The number of carbonyl (C=O) groups is 2. The second-order valence-corrected chi connectivity index (χ2v) is 9.32. The molecule has 1 aliphatic rings. The van der Waals surface area contributed by atoms with E-state index < -0.39 is 17.6 Å². The third kappa shape index (κ3) is 4.67. The largest absolute Gasteiger partial charge is 0.439 e. The van der Waals surface area contributed by atoms with Gasteiger partial charge in [0.25, 0.3) is 11.8 Å². The second kappa shape index (κ2) is 9.63. The Morgan fingerprint density at radius 3 is 2.82 bits per heavy atom. The minimum atomic E-state index is -0.628. The molecule has 1 atom stereocenters. The van der Waals surface area contributed by atoms with Crippen LogP contribution in [-0.4, -0.2) is 36.6 Å². The number of benzene rings is 2. The lowest BCUT2D eigenvalue weighted by atomic mass is 10.0. The summed E-state index contributed by atoms with van der Waals surface area (Å²) >= 11 is 0. The van der Waals surface area contributed by atoms with Crippen molar-refractivity contribution in [3.8, 4) is 11.4 Å². The van der Waals surface area contributed by atoms with Gasteiger partial charge >= 0.3 is 5.76 Å². The lowest BCUT2D eigenvalue weighted by molar-refractivity contribution is 0.0929. The van der Waals surface area contributed by atoms with Crippen LogP contribution < -0.4 is 16.4 Å². The van der Waals surface area contributed by atoms with Gasteiger partial charge in [0.15, 0.2) is 11.5 Å². The normalized spacial score (nSPS) is 14.4. The van der Waals surface area contributed by atoms with Gasteiger partial charge in [-0.3, -0.25) is 19.1 Å². The number of hydrogen-bond acceptors (Lipinski definition) is 7. The highest BCUT2D eigenvalue weighted by Gasteiger charge is 2.27. The number of aromatic nitrogens is 5. The molecule has 0 spiro atoms. The SMILES string of the molecule is Cc1cc(CNC(=O)c2cc(C(=O)N[C@@H]3CCc4cc(-c5noc(=O)[nH]5)ccc43)n3nccc3n2)ccc1F. The number of H-pyrrole nitrogens is 1. The molecule has 0 unspecified atom stereocenters. The number of aromatic amines is 1. The summed E-state index contributed by atoms with van der Waals surface area (Å²) in [5.74, 6) is -1.48. The first-order chi connectivity index (χ1) is 18.9. The molecule has 2 aromatic carbocycles. The maximum Gasteiger partial charge on any atom is 0.439 e. The first-order valence-corrected chi connectivity index (χ1v) is 12.2. The average molecular weight is 528 g/mol. The Kier molecular flexibility index (Phi) is 5.98. The Morgan fingerprint density at radius 2 is 2.03 bits per heavy atom. The van der Waals surface area contributed by atoms with Crippen LogP contribution in [0.4, 0.5) is 4.39 Å². The number of amides is 2. The third-order valence-corrected chi connectivity index (χ3v) is 6.74. The first-order valence-electron chi connectivity index (χ1n) is 12.2. The van der Waals surface area contributed by atoms with Gasteiger partial charge in [0, 0.05) is 24.2 Å². The van der Waals surface area contributed by atoms with Gasteiger partial charge in [0.2, 0.25) is 0 Å². The van der Waals surface area contributed by atoms with Crippen LogP contribution in [0.2, 0.25) is 0 Å². The van der Waals surface area contributed by atoms with Gasteiger partial charge in [0.1, 0.15) is 17.2 Å². The zero-order valence-corrected chi connectivity index (χ0v) is 20.7. The third-order valence-electron chi connectivity index (χ3n) is 6.74. The van der Waals surface area contributed by atoms with Crippen molar-refractivity contribution in [2.75, 3.05) is 0 Å². The van der Waals surface area contributed by atoms with Crippen LogP contribution in [0.1, 0.15) is 55.7 Å². The summed E-state index contributed by atoms with van der Waals surface area (Å²) in [6.45, 7) is 1.83. The van der Waals surface area contributed by atoms with Crippen molar-refractivity contribution in [2.24, 2.45) is 0 Å². The van der Waals surface area contributed by atoms with Crippen LogP contribution in [0.25, 0.3) is 17.0 Å². The number of rotatable bonds is 6. The lowest BCUT2D eigenvalue weighted by Gasteiger charge is -2.15. The predicted molar refractivity (Wildman–Crippen MR) is 136 cm³/mol. The molecule has 5 aromatic rings. The molecule has 0 aliphatic heterocycles. The highest BCUT2D eigenvalue weighted by molar-refractivity contribution is 5.98. The van der Waals surface area contributed by atoms with Gasteiger partial charge in [-0.1, -0.05) is 29.4 Å². The van der Waals surface area contributed by atoms with Crippen molar-refractivity contribution in [3.05, 3.63) is 105 Å². The van der Waals surface area contributed by atoms with E-state index in [1.165, 1.54) is 22.8 Å². The smallest absolute Gasteiger partial charge is 0.347 e. The molecule has 0 bridgehead atoms. The van der Waals surface area contributed by atoms with E-state index in [0.717, 1.165) is 23.1 Å². The van der Waals surface area contributed by atoms with E-state index in [-0.39, 0.29) is 29.8 Å². The molecule has 3 aromatic heterocycles. The molecule has 0 radical (unpaired) electrons. The molecule has 0 saturated carbocycles. The standard InChI is InChI=1S/C27H22FN7O4/c1-14-10-15(2-6-19(14)28)13-29-25(36)21-12-22(35-23(31-21)8-9-30-35)26(37)32-20-7-4-16-11-17(3-5-18(16)20)24-33-27(38)39-34-24/h2-3,5-6,8-12,20H,4,7,13H2,1H3,(H,29,36)(H,32,37)(H,33,34,38)/t20-/m1/s1. The Bertz CT molecular complexity index is 1810. The molecular weight excluding hydrogens is 505 g/mol. The van der Waals surface area contributed by atoms with E-state index in [1.54, 1.807) is 31.2 Å². The molecular formula is C27H22FN7O4. The van der Waals surface area contributed by atoms with Crippen LogP contribution in [-0.2, 0) is 13.0 Å². The van der Waals surface area contributed by atoms with Crippen molar-refractivity contribution in [1.82, 2.24) is 35.4 Å². The lowest BCUT2D eigenvalue weighted by Crippen LogP contribution is -2.30. The summed E-state index contributed by atoms with van der Waals surface area (Å²) in [5.41, 5.74) is 4.49. The maximum atomic E-state index is 13.6. The Balaban J connectivity index is 1.21. The van der Waals surface area contributed by atoms with Crippen molar-refractivity contribution in [1.29, 1.82) is 0 Å². The van der Waals surface area contributed by atoms with Crippen molar-refractivity contribution >= 4 is 17.5 Å². The van der Waals surface area contributed by atoms with Crippen LogP contribution >= 0.6 is 0 Å². The number of fused-ring (bicyclic) bond motifs is 2. The van der Waals surface area contributed by atoms with Gasteiger partial charge in [-0.25, -0.2) is 18.7 Å². The topological polar surface area (TPSA) is 147 Å². The summed E-state index contributed by atoms with van der Waals surface area (Å²) < 4.78 is 19.5. The molecule has 1 aliphatic carbocycles. The average Bonchev–Trinajstić information content (AvgIpc) is 3.68. The predicted octanol–water partition coefficient (Wildman–Crippen LogP) is 2.87. The molecule has 11 nitrogen and oxygen atoms in total. The molecule has 3 heterocycles. The van der Waals surface area contributed by atoms with Crippen molar-refractivity contribution < 1.29 is 18.5 Å². The number of carbonyl (C=O) groups excluding carboxylic acids is 2. The summed E-state index contributed by atoms with van der Waals surface area (Å²) in [5, 5.41) is 13.7. The van der Waals surface area contributed by atoms with Gasteiger partial charge in [-0.2, -0.15) is 5.10 Å². The zero-order valence-electron chi connectivity index (χ0n) is 20.7. The molecule has 196 valence electrons. The fourth-order valence-electron chi connectivity index (χ4n) is 4.78. The summed E-state index contributed by atoms with van der Waals surface area (Å²) in [4.78, 5) is 44.5. The zero-order chi connectivity index (χ0) is 27.1. The van der Waals surface area contributed by atoms with Crippen LogP contribution in [0.5, 0.6) is 0 Å². The van der Waals surface area contributed by atoms with E-state index in [2.05, 4.69) is 35.4 Å². The van der Waals surface area contributed by atoms with Crippen molar-refractivity contribution in [2.45, 2.75) is 32.4 Å². The minimum Gasteiger partial charge on any atom is -0.347 e. The summed E-state index contributed by atoms with van der Waals surface area (Å²) in [7, 11) is 0. The second-order valence-electron chi connectivity index (χ2n) is 9.32. The number of nitrogens with zero attached hydrogens (tertiary/aromatic N) is 4.